The molecule has 0 aromatic heterocycles. The van der Waals surface area contributed by atoms with Crippen LogP contribution in [0.3, 0.4) is 0 Å². The molecule has 0 aliphatic carbocycles. The van der Waals surface area contributed by atoms with Gasteiger partial charge in [0.2, 0.25) is 0 Å². The minimum absolute atomic E-state index is 0.137. The number of esters is 3. The van der Waals surface area contributed by atoms with Crippen molar-refractivity contribution < 1.29 is 28.6 Å². The van der Waals surface area contributed by atoms with Crippen LogP contribution in [-0.2, 0) is 28.6 Å². The summed E-state index contributed by atoms with van der Waals surface area (Å²) in [5, 5.41) is 0. The van der Waals surface area contributed by atoms with Crippen LogP contribution >= 0.6 is 0 Å². The molecule has 0 saturated heterocycles. The summed E-state index contributed by atoms with van der Waals surface area (Å²) in [6.45, 7) is 6.09. The fourth-order valence-corrected chi connectivity index (χ4v) is 5.80. The third kappa shape index (κ3) is 49.6. The van der Waals surface area contributed by atoms with Crippen molar-refractivity contribution in [3.63, 3.8) is 0 Å². The van der Waals surface area contributed by atoms with E-state index in [0.717, 1.165) is 116 Å². The number of hydrogen-bond donors (Lipinski definition) is 0. The molecule has 0 aliphatic rings. The number of ether oxygens (including phenoxy) is 3. The second-order valence-corrected chi connectivity index (χ2v) is 15.4. The Hall–Kier alpha value is -5.23. The van der Waals surface area contributed by atoms with Gasteiger partial charge in [0.05, 0.1) is 0 Å². The second-order valence-electron chi connectivity index (χ2n) is 15.4. The van der Waals surface area contributed by atoms with Gasteiger partial charge in [-0.05, 0) is 96.3 Å². The molecule has 65 heavy (non-hydrogen) atoms. The predicted octanol–water partition coefficient (Wildman–Crippen LogP) is 16.4. The molecule has 0 amide bonds. The zero-order valence-corrected chi connectivity index (χ0v) is 40.7. The number of hydrogen-bond acceptors (Lipinski definition) is 6. The fraction of sp³-hybridized carbons (Fsp3) is 0.475. The molecule has 0 fully saturated rings. The fourth-order valence-electron chi connectivity index (χ4n) is 5.80. The molecule has 0 saturated carbocycles. The van der Waals surface area contributed by atoms with E-state index in [1.807, 2.05) is 79.0 Å². The molecule has 6 heteroatoms. The average Bonchev–Trinajstić information content (AvgIpc) is 3.30. The second kappa shape index (κ2) is 51.4. The van der Waals surface area contributed by atoms with Gasteiger partial charge >= 0.3 is 17.9 Å². The maximum Gasteiger partial charge on any atom is 0.306 e. The summed E-state index contributed by atoms with van der Waals surface area (Å²) in [6.07, 6.45) is 76.3. The van der Waals surface area contributed by atoms with Gasteiger partial charge in [-0.1, -0.05) is 217 Å². The molecule has 0 radical (unpaired) electrons. The lowest BCUT2D eigenvalue weighted by Gasteiger charge is -2.18. The van der Waals surface area contributed by atoms with E-state index in [9.17, 15) is 14.4 Å². The predicted molar refractivity (Wildman–Crippen MR) is 278 cm³/mol. The van der Waals surface area contributed by atoms with E-state index < -0.39 is 6.10 Å². The van der Waals surface area contributed by atoms with Crippen LogP contribution in [0.25, 0.3) is 0 Å². The van der Waals surface area contributed by atoms with Crippen molar-refractivity contribution in [2.75, 3.05) is 13.2 Å². The van der Waals surface area contributed by atoms with Crippen molar-refractivity contribution in [1.29, 1.82) is 0 Å². The van der Waals surface area contributed by atoms with Crippen molar-refractivity contribution in [2.24, 2.45) is 0 Å². The molecule has 0 aromatic carbocycles. The van der Waals surface area contributed by atoms with Crippen LogP contribution in [0.15, 0.2) is 170 Å². The highest BCUT2D eigenvalue weighted by atomic mass is 16.6. The molecule has 1 atom stereocenters. The number of rotatable bonds is 41. The Morgan fingerprint density at radius 2 is 0.646 bits per heavy atom. The van der Waals surface area contributed by atoms with E-state index in [2.05, 4.69) is 112 Å². The summed E-state index contributed by atoms with van der Waals surface area (Å²) in [7, 11) is 0. The lowest BCUT2D eigenvalue weighted by Crippen LogP contribution is -2.30. The van der Waals surface area contributed by atoms with Gasteiger partial charge in [0.25, 0.3) is 0 Å². The van der Waals surface area contributed by atoms with Gasteiger partial charge in [-0.25, -0.2) is 0 Å². The normalized spacial score (nSPS) is 13.6. The quantitative estimate of drug-likeness (QED) is 0.0200. The number of carbonyl (C=O) groups excluding carboxylic acids is 3. The molecule has 0 heterocycles. The van der Waals surface area contributed by atoms with Gasteiger partial charge in [0.15, 0.2) is 6.10 Å². The average molecular weight is 891 g/mol. The van der Waals surface area contributed by atoms with Gasteiger partial charge in [-0.3, -0.25) is 14.4 Å². The summed E-state index contributed by atoms with van der Waals surface area (Å²) in [4.78, 5) is 37.9. The topological polar surface area (TPSA) is 78.9 Å². The standard InChI is InChI=1S/C59H86O6/c1-4-7-10-13-16-19-22-25-27-28-29-30-32-34-37-40-43-46-49-52-58(61)64-55-56(54-63-57(60)51-48-45-42-39-36-33-24-21-18-15-12-9-6-3)65-59(62)53-50-47-44-41-38-35-31-26-23-20-17-14-11-8-5-2/h7-12,14-21,23-27,29-31,33-34,36-37,39,42,56H,4-6,13,22,28,32,35,38,40-41,43-55H2,1-3H3/b10-7+,11-8+,12-9+,17-14+,18-15+,19-16+,23-20+,24-21+,27-25+,30-29+,31-26+,36-33+,37-34+,42-39+. The molecule has 0 aromatic rings. The van der Waals surface area contributed by atoms with Gasteiger partial charge in [-0.2, -0.15) is 0 Å². The van der Waals surface area contributed by atoms with E-state index in [1.54, 1.807) is 0 Å². The maximum absolute atomic E-state index is 12.8. The summed E-state index contributed by atoms with van der Waals surface area (Å²) in [5.41, 5.74) is 0. The largest absolute Gasteiger partial charge is 0.462 e. The number of unbranched alkanes of at least 4 members (excludes halogenated alkanes) is 9. The highest BCUT2D eigenvalue weighted by molar-refractivity contribution is 5.71. The highest BCUT2D eigenvalue weighted by Gasteiger charge is 2.19. The Morgan fingerprint density at radius 1 is 0.323 bits per heavy atom. The van der Waals surface area contributed by atoms with Crippen molar-refractivity contribution >= 4 is 17.9 Å². The summed E-state index contributed by atoms with van der Waals surface area (Å²) < 4.78 is 16.7. The zero-order chi connectivity index (χ0) is 47.2. The van der Waals surface area contributed by atoms with Crippen LogP contribution < -0.4 is 0 Å². The molecule has 0 aliphatic heterocycles. The zero-order valence-electron chi connectivity index (χ0n) is 40.7. The van der Waals surface area contributed by atoms with Gasteiger partial charge < -0.3 is 14.2 Å². The van der Waals surface area contributed by atoms with Crippen molar-refractivity contribution in [3.8, 4) is 0 Å². The third-order valence-electron chi connectivity index (χ3n) is 9.42. The number of allylic oxidation sites excluding steroid dienone is 28. The van der Waals surface area contributed by atoms with E-state index in [1.165, 1.54) is 0 Å². The lowest BCUT2D eigenvalue weighted by atomic mass is 10.1. The minimum atomic E-state index is -0.842. The van der Waals surface area contributed by atoms with E-state index in [4.69, 9.17) is 14.2 Å². The van der Waals surface area contributed by atoms with Crippen molar-refractivity contribution in [3.05, 3.63) is 170 Å². The van der Waals surface area contributed by atoms with Crippen molar-refractivity contribution in [2.45, 2.75) is 168 Å². The van der Waals surface area contributed by atoms with Gasteiger partial charge in [0, 0.05) is 19.3 Å². The molecule has 0 N–H and O–H groups in total. The first kappa shape index (κ1) is 59.8. The summed E-state index contributed by atoms with van der Waals surface area (Å²) in [5.74, 6) is -1.08. The highest BCUT2D eigenvalue weighted by Crippen LogP contribution is 2.11. The molecule has 0 rings (SSSR count). The number of carbonyl (C=O) groups is 3. The summed E-state index contributed by atoms with van der Waals surface area (Å²) >= 11 is 0. The van der Waals surface area contributed by atoms with Crippen LogP contribution in [0.5, 0.6) is 0 Å². The minimum Gasteiger partial charge on any atom is -0.462 e. The van der Waals surface area contributed by atoms with Gasteiger partial charge in [0.1, 0.15) is 13.2 Å². The van der Waals surface area contributed by atoms with Crippen LogP contribution in [0.4, 0.5) is 0 Å². The van der Waals surface area contributed by atoms with Crippen LogP contribution in [0.2, 0.25) is 0 Å². The molecule has 6 nitrogen and oxygen atoms in total. The smallest absolute Gasteiger partial charge is 0.306 e. The first-order valence-electron chi connectivity index (χ1n) is 24.8. The van der Waals surface area contributed by atoms with Crippen molar-refractivity contribution in [1.82, 2.24) is 0 Å². The maximum atomic E-state index is 12.8. The first-order valence-corrected chi connectivity index (χ1v) is 24.8. The van der Waals surface area contributed by atoms with Crippen LogP contribution in [0.1, 0.15) is 162 Å². The first-order chi connectivity index (χ1) is 32.0. The van der Waals surface area contributed by atoms with E-state index in [0.29, 0.717) is 12.8 Å². The molecule has 0 bridgehead atoms. The van der Waals surface area contributed by atoms with Gasteiger partial charge in [-0.15, -0.1) is 0 Å². The Morgan fingerprint density at radius 3 is 1.12 bits per heavy atom. The Labute approximate surface area is 396 Å². The molecular weight excluding hydrogens is 805 g/mol. The lowest BCUT2D eigenvalue weighted by molar-refractivity contribution is -0.167. The molecule has 0 spiro atoms. The Balaban J connectivity index is 4.62. The van der Waals surface area contributed by atoms with E-state index in [-0.39, 0.29) is 44.0 Å². The molecule has 358 valence electrons. The SMILES string of the molecule is CC/C=C/C=C/C=C/C=C/C=C/CCCC(=O)OCC(COC(=O)CCCCC/C=C/C/C=C/C/C=C/C/C=C/C/C=C/CC)OC(=O)CCCCCCC/C=C/C=C/C=C/C=C/CC. The molecular formula is C59H86O6. The van der Waals surface area contributed by atoms with Crippen LogP contribution in [-0.4, -0.2) is 37.2 Å². The monoisotopic (exact) mass is 891 g/mol. The Bertz CT molecular complexity index is 1590. The summed E-state index contributed by atoms with van der Waals surface area (Å²) in [6, 6.07) is 0. The Kier molecular flexibility index (Phi) is 47.3. The molecule has 1 unspecified atom stereocenters. The van der Waals surface area contributed by atoms with E-state index >= 15 is 0 Å². The third-order valence-corrected chi connectivity index (χ3v) is 9.42. The van der Waals surface area contributed by atoms with Crippen LogP contribution in [0, 0.1) is 0 Å².